The van der Waals surface area contributed by atoms with E-state index in [4.69, 9.17) is 21.9 Å². The number of epoxide rings is 1. The van der Waals surface area contributed by atoms with Crippen LogP contribution in [0.15, 0.2) is 11.2 Å². The maximum Gasteiger partial charge on any atom is 0.425 e. The third-order valence-electron chi connectivity index (χ3n) is 3.90. The molecule has 3 heterocycles. The molecule has 22 heavy (non-hydrogen) atoms. The number of hydrogen-bond donors (Lipinski definition) is 0. The van der Waals surface area contributed by atoms with Gasteiger partial charge in [-0.2, -0.15) is 13.2 Å². The van der Waals surface area contributed by atoms with Crippen LogP contribution < -0.4 is 4.74 Å². The summed E-state index contributed by atoms with van der Waals surface area (Å²) in [6.07, 6.45) is -4.59. The van der Waals surface area contributed by atoms with Gasteiger partial charge in [0.15, 0.2) is 10.9 Å². The van der Waals surface area contributed by atoms with Crippen LogP contribution in [-0.4, -0.2) is 30.9 Å². The van der Waals surface area contributed by atoms with Crippen molar-refractivity contribution >= 4 is 11.6 Å². The maximum atomic E-state index is 13.2. The van der Waals surface area contributed by atoms with E-state index in [1.807, 2.05) is 0 Å². The second kappa shape index (κ2) is 4.65. The van der Waals surface area contributed by atoms with Gasteiger partial charge < -0.3 is 9.47 Å². The van der Waals surface area contributed by atoms with Gasteiger partial charge in [0.05, 0.1) is 18.9 Å². The molecule has 10 heteroatoms. The number of azide groups is 1. The van der Waals surface area contributed by atoms with Crippen molar-refractivity contribution < 1.29 is 22.6 Å². The second-order valence-electron chi connectivity index (χ2n) is 5.53. The molecule has 0 aromatic carbocycles. The predicted molar refractivity (Wildman–Crippen MR) is 69.8 cm³/mol. The zero-order valence-corrected chi connectivity index (χ0v) is 12.1. The highest BCUT2D eigenvalue weighted by Gasteiger charge is 2.68. The minimum absolute atomic E-state index is 0.0379. The fraction of sp³-hybridized carbons (Fsp3) is 0.583. The van der Waals surface area contributed by atoms with Gasteiger partial charge in [-0.3, -0.25) is 0 Å². The highest BCUT2D eigenvalue weighted by molar-refractivity contribution is 6.31. The van der Waals surface area contributed by atoms with Gasteiger partial charge in [-0.1, -0.05) is 23.6 Å². The Bertz CT molecular complexity index is 686. The number of alkyl halides is 3. The molecule has 0 amide bonds. The van der Waals surface area contributed by atoms with E-state index in [2.05, 4.69) is 19.7 Å². The van der Waals surface area contributed by atoms with E-state index in [9.17, 15) is 13.2 Å². The highest BCUT2D eigenvalue weighted by atomic mass is 35.5. The van der Waals surface area contributed by atoms with Crippen LogP contribution in [-0.2, 0) is 15.8 Å². The first-order chi connectivity index (χ1) is 10.2. The smallest absolute Gasteiger partial charge is 0.425 e. The molecule has 2 aliphatic rings. The maximum absolute atomic E-state index is 13.2. The monoisotopic (exact) mass is 334 g/mol. The lowest BCUT2D eigenvalue weighted by Crippen LogP contribution is -2.32. The van der Waals surface area contributed by atoms with E-state index in [-0.39, 0.29) is 29.7 Å². The van der Waals surface area contributed by atoms with Crippen LogP contribution in [0.1, 0.15) is 18.2 Å². The number of rotatable bonds is 3. The molecule has 2 atom stereocenters. The van der Waals surface area contributed by atoms with Crippen molar-refractivity contribution in [1.82, 2.24) is 4.98 Å². The minimum atomic E-state index is -4.59. The quantitative estimate of drug-likeness (QED) is 0.279. The zero-order chi connectivity index (χ0) is 16.2. The molecule has 1 aromatic heterocycles. The molecule has 0 aliphatic carbocycles. The summed E-state index contributed by atoms with van der Waals surface area (Å²) in [6, 6.07) is 1.28. The normalized spacial score (nSPS) is 29.5. The molecule has 1 saturated heterocycles. The molecule has 118 valence electrons. The molecule has 1 aromatic rings. The van der Waals surface area contributed by atoms with Crippen LogP contribution in [0.2, 0.25) is 5.15 Å². The van der Waals surface area contributed by atoms with Crippen LogP contribution in [0.3, 0.4) is 0 Å². The molecule has 1 fully saturated rings. The molecule has 2 unspecified atom stereocenters. The predicted octanol–water partition coefficient (Wildman–Crippen LogP) is 3.48. The van der Waals surface area contributed by atoms with Crippen LogP contribution in [0.4, 0.5) is 13.2 Å². The second-order valence-corrected chi connectivity index (χ2v) is 5.88. The van der Waals surface area contributed by atoms with Gasteiger partial charge in [0.25, 0.3) is 0 Å². The Kier molecular flexibility index (Phi) is 3.21. The van der Waals surface area contributed by atoms with E-state index in [0.29, 0.717) is 5.56 Å². The number of nitrogens with zero attached hydrogens (tertiary/aromatic N) is 4. The summed E-state index contributed by atoms with van der Waals surface area (Å²) >= 11 is 5.96. The Labute approximate surface area is 127 Å². The summed E-state index contributed by atoms with van der Waals surface area (Å²) in [5.74, 6) is 0.221. The van der Waals surface area contributed by atoms with Gasteiger partial charge in [0, 0.05) is 22.4 Å². The Balaban J connectivity index is 2.10. The van der Waals surface area contributed by atoms with Crippen LogP contribution in [0.5, 0.6) is 5.75 Å². The molecule has 6 nitrogen and oxygen atoms in total. The van der Waals surface area contributed by atoms with Gasteiger partial charge in [-0.05, 0) is 11.6 Å². The highest BCUT2D eigenvalue weighted by Crippen LogP contribution is 2.53. The van der Waals surface area contributed by atoms with Crippen molar-refractivity contribution in [1.29, 1.82) is 0 Å². The first-order valence-electron chi connectivity index (χ1n) is 6.29. The molecule has 0 saturated carbocycles. The van der Waals surface area contributed by atoms with Gasteiger partial charge in [0.2, 0.25) is 5.60 Å². The summed E-state index contributed by atoms with van der Waals surface area (Å²) in [4.78, 5) is 6.46. The third-order valence-corrected chi connectivity index (χ3v) is 4.16. The van der Waals surface area contributed by atoms with Crippen molar-refractivity contribution in [3.8, 4) is 5.75 Å². The van der Waals surface area contributed by atoms with Crippen LogP contribution in [0, 0.1) is 0 Å². The van der Waals surface area contributed by atoms with E-state index in [0.717, 1.165) is 0 Å². The SMILES string of the molecule is CC1(CN=[N+]=[N-])COc2c1cc(C1(C(F)(F)F)CO1)nc2Cl. The molecular weight excluding hydrogens is 325 g/mol. The van der Waals surface area contributed by atoms with Crippen molar-refractivity contribution in [3.05, 3.63) is 32.9 Å². The molecule has 0 bridgehead atoms. The van der Waals surface area contributed by atoms with E-state index < -0.39 is 23.8 Å². The summed E-state index contributed by atoms with van der Waals surface area (Å²) in [5, 5.41) is 3.34. The molecule has 3 rings (SSSR count). The molecule has 0 N–H and O–H groups in total. The summed E-state index contributed by atoms with van der Waals surface area (Å²) < 4.78 is 49.5. The Morgan fingerprint density at radius 2 is 2.18 bits per heavy atom. The lowest BCUT2D eigenvalue weighted by molar-refractivity contribution is -0.188. The number of halogens is 4. The van der Waals surface area contributed by atoms with Gasteiger partial charge in [-0.15, -0.1) is 0 Å². The van der Waals surface area contributed by atoms with Crippen molar-refractivity contribution in [2.45, 2.75) is 24.1 Å². The molecule has 0 spiro atoms. The van der Waals surface area contributed by atoms with E-state index in [1.165, 1.54) is 6.07 Å². The average Bonchev–Trinajstić information content (AvgIpc) is 3.19. The summed E-state index contributed by atoms with van der Waals surface area (Å²) in [6.45, 7) is 1.41. The number of fused-ring (bicyclic) bond motifs is 1. The zero-order valence-electron chi connectivity index (χ0n) is 11.3. The van der Waals surface area contributed by atoms with Gasteiger partial charge in [-0.25, -0.2) is 4.98 Å². The average molecular weight is 335 g/mol. The fourth-order valence-corrected chi connectivity index (χ4v) is 2.70. The van der Waals surface area contributed by atoms with Crippen LogP contribution >= 0.6 is 11.6 Å². The van der Waals surface area contributed by atoms with Gasteiger partial charge >= 0.3 is 6.18 Å². The summed E-state index contributed by atoms with van der Waals surface area (Å²) in [5.41, 5.74) is 5.42. The number of hydrogen-bond acceptors (Lipinski definition) is 4. The van der Waals surface area contributed by atoms with E-state index >= 15 is 0 Å². The van der Waals surface area contributed by atoms with E-state index in [1.54, 1.807) is 6.92 Å². The van der Waals surface area contributed by atoms with Crippen molar-refractivity contribution in [2.75, 3.05) is 19.8 Å². The molecular formula is C12H10ClF3N4O2. The summed E-state index contributed by atoms with van der Waals surface area (Å²) in [7, 11) is 0. The Morgan fingerprint density at radius 3 is 2.73 bits per heavy atom. The first kappa shape index (κ1) is 15.2. The fourth-order valence-electron chi connectivity index (χ4n) is 2.45. The Morgan fingerprint density at radius 1 is 1.50 bits per heavy atom. The van der Waals surface area contributed by atoms with Crippen molar-refractivity contribution in [2.24, 2.45) is 5.11 Å². The topological polar surface area (TPSA) is 83.4 Å². The van der Waals surface area contributed by atoms with Gasteiger partial charge in [0.1, 0.15) is 0 Å². The lowest BCUT2D eigenvalue weighted by atomic mass is 9.84. The molecule has 0 radical (unpaired) electrons. The number of aromatic nitrogens is 1. The number of ether oxygens (including phenoxy) is 2. The minimum Gasteiger partial charge on any atom is -0.489 e. The van der Waals surface area contributed by atoms with Crippen molar-refractivity contribution in [3.63, 3.8) is 0 Å². The third kappa shape index (κ3) is 2.08. The molecule has 2 aliphatic heterocycles. The largest absolute Gasteiger partial charge is 0.489 e. The standard InChI is InChI=1S/C12H10ClF3N4O2/c1-10(3-18-20-17)4-21-8-6(10)2-7(19-9(8)13)11(5-22-11)12(14,15)16/h2H,3-5H2,1H3. The lowest BCUT2D eigenvalue weighted by Gasteiger charge is -2.21. The first-order valence-corrected chi connectivity index (χ1v) is 6.67. The van der Waals surface area contributed by atoms with Crippen LogP contribution in [0.25, 0.3) is 10.4 Å². The Hall–Kier alpha value is -1.70. The number of pyridine rings is 1.